The number of urea groups is 1. The smallest absolute Gasteiger partial charge is 0.317 e. The van der Waals surface area contributed by atoms with Crippen molar-refractivity contribution in [3.05, 3.63) is 0 Å². The van der Waals surface area contributed by atoms with Crippen LogP contribution in [0.3, 0.4) is 0 Å². The van der Waals surface area contributed by atoms with Gasteiger partial charge in [-0.05, 0) is 33.9 Å². The number of amides is 2. The summed E-state index contributed by atoms with van der Waals surface area (Å²) in [6.07, 6.45) is 1.54. The molecule has 1 rings (SSSR count). The monoisotopic (exact) mass is 257 g/mol. The largest absolute Gasteiger partial charge is 0.481 e. The lowest BCUT2D eigenvalue weighted by atomic mass is 10.2. The Balaban J connectivity index is 2.31. The SMILES string of the molecule is CC(CCC(=O)O)NC(=O)N1CCC(N(C)C)C1. The van der Waals surface area contributed by atoms with Crippen LogP contribution in [0.25, 0.3) is 0 Å². The van der Waals surface area contributed by atoms with Crippen molar-refractivity contribution in [2.24, 2.45) is 0 Å². The summed E-state index contributed by atoms with van der Waals surface area (Å²) in [5.74, 6) is -0.829. The number of aliphatic carboxylic acids is 1. The molecule has 2 unspecified atom stereocenters. The number of hydrogen-bond donors (Lipinski definition) is 2. The van der Waals surface area contributed by atoms with Crippen LogP contribution in [0.2, 0.25) is 0 Å². The van der Waals surface area contributed by atoms with Gasteiger partial charge >= 0.3 is 12.0 Å². The highest BCUT2D eigenvalue weighted by atomic mass is 16.4. The number of nitrogens with one attached hydrogen (secondary N) is 1. The summed E-state index contributed by atoms with van der Waals surface area (Å²) in [5.41, 5.74) is 0. The molecule has 0 bridgehead atoms. The highest BCUT2D eigenvalue weighted by Gasteiger charge is 2.27. The molecule has 1 fully saturated rings. The first kappa shape index (κ1) is 14.8. The minimum absolute atomic E-state index is 0.0851. The highest BCUT2D eigenvalue weighted by molar-refractivity contribution is 5.75. The third kappa shape index (κ3) is 4.52. The zero-order valence-corrected chi connectivity index (χ0v) is 11.3. The van der Waals surface area contributed by atoms with Crippen LogP contribution in [0.1, 0.15) is 26.2 Å². The van der Waals surface area contributed by atoms with Crippen molar-refractivity contribution in [2.75, 3.05) is 27.2 Å². The van der Waals surface area contributed by atoms with Gasteiger partial charge in [0.25, 0.3) is 0 Å². The second kappa shape index (κ2) is 6.58. The number of likely N-dealkylation sites (N-methyl/N-ethyl adjacent to an activating group) is 1. The van der Waals surface area contributed by atoms with Crippen molar-refractivity contribution in [3.8, 4) is 0 Å². The van der Waals surface area contributed by atoms with Gasteiger partial charge in [-0.1, -0.05) is 0 Å². The molecule has 0 saturated carbocycles. The van der Waals surface area contributed by atoms with Crippen LogP contribution in [0.4, 0.5) is 4.79 Å². The van der Waals surface area contributed by atoms with Crippen LogP contribution in [-0.2, 0) is 4.79 Å². The standard InChI is InChI=1S/C12H23N3O3/c1-9(4-5-11(16)17)13-12(18)15-7-6-10(8-15)14(2)3/h9-10H,4-8H2,1-3H3,(H,13,18)(H,16,17). The molecular weight excluding hydrogens is 234 g/mol. The normalized spacial score (nSPS) is 21.1. The summed E-state index contributed by atoms with van der Waals surface area (Å²) >= 11 is 0. The van der Waals surface area contributed by atoms with Gasteiger partial charge in [-0.3, -0.25) is 4.79 Å². The molecule has 104 valence electrons. The van der Waals surface area contributed by atoms with Gasteiger partial charge in [-0.2, -0.15) is 0 Å². The Morgan fingerprint density at radius 2 is 2.17 bits per heavy atom. The molecule has 6 nitrogen and oxygen atoms in total. The van der Waals surface area contributed by atoms with Crippen LogP contribution in [-0.4, -0.2) is 66.2 Å². The summed E-state index contributed by atoms with van der Waals surface area (Å²) in [7, 11) is 4.03. The molecule has 18 heavy (non-hydrogen) atoms. The third-order valence-corrected chi connectivity index (χ3v) is 3.34. The number of carbonyl (C=O) groups excluding carboxylic acids is 1. The molecule has 2 atom stereocenters. The summed E-state index contributed by atoms with van der Waals surface area (Å²) in [6, 6.07) is 0.231. The molecule has 0 radical (unpaired) electrons. The van der Waals surface area contributed by atoms with E-state index in [0.29, 0.717) is 12.5 Å². The van der Waals surface area contributed by atoms with Gasteiger partial charge in [0.1, 0.15) is 0 Å². The molecule has 1 saturated heterocycles. The number of rotatable bonds is 5. The van der Waals surface area contributed by atoms with E-state index >= 15 is 0 Å². The predicted octanol–water partition coefficient (Wildman–Crippen LogP) is 0.585. The van der Waals surface area contributed by atoms with Crippen LogP contribution >= 0.6 is 0 Å². The van der Waals surface area contributed by atoms with E-state index < -0.39 is 5.97 Å². The highest BCUT2D eigenvalue weighted by Crippen LogP contribution is 2.13. The van der Waals surface area contributed by atoms with Crippen molar-refractivity contribution >= 4 is 12.0 Å². The quantitative estimate of drug-likeness (QED) is 0.756. The fourth-order valence-corrected chi connectivity index (χ4v) is 2.06. The van der Waals surface area contributed by atoms with E-state index in [1.54, 1.807) is 4.90 Å². The van der Waals surface area contributed by atoms with Crippen LogP contribution < -0.4 is 5.32 Å². The van der Waals surface area contributed by atoms with E-state index in [1.807, 2.05) is 21.0 Å². The van der Waals surface area contributed by atoms with Crippen LogP contribution in [0.15, 0.2) is 0 Å². The minimum atomic E-state index is -0.829. The van der Waals surface area contributed by atoms with E-state index in [2.05, 4.69) is 10.2 Å². The number of hydrogen-bond acceptors (Lipinski definition) is 3. The maximum atomic E-state index is 11.9. The third-order valence-electron chi connectivity index (χ3n) is 3.34. The average Bonchev–Trinajstić information content (AvgIpc) is 2.75. The maximum Gasteiger partial charge on any atom is 0.317 e. The van der Waals surface area contributed by atoms with E-state index in [0.717, 1.165) is 19.5 Å². The Hall–Kier alpha value is -1.30. The lowest BCUT2D eigenvalue weighted by Gasteiger charge is -2.22. The number of carboxylic acids is 1. The minimum Gasteiger partial charge on any atom is -0.481 e. The molecule has 2 N–H and O–H groups in total. The van der Waals surface area contributed by atoms with Gasteiger partial charge < -0.3 is 20.2 Å². The zero-order chi connectivity index (χ0) is 13.7. The molecule has 0 aromatic carbocycles. The van der Waals surface area contributed by atoms with Crippen molar-refractivity contribution < 1.29 is 14.7 Å². The average molecular weight is 257 g/mol. The fourth-order valence-electron chi connectivity index (χ4n) is 2.06. The van der Waals surface area contributed by atoms with E-state index in [9.17, 15) is 9.59 Å². The molecule has 1 heterocycles. The second-order valence-corrected chi connectivity index (χ2v) is 5.14. The summed E-state index contributed by atoms with van der Waals surface area (Å²) in [5, 5.41) is 11.4. The molecule has 0 aromatic heterocycles. The molecule has 6 heteroatoms. The number of nitrogens with zero attached hydrogens (tertiary/aromatic N) is 2. The summed E-state index contributed by atoms with van der Waals surface area (Å²) in [4.78, 5) is 26.3. The van der Waals surface area contributed by atoms with Crippen molar-refractivity contribution in [1.29, 1.82) is 0 Å². The molecule has 0 aromatic rings. The Kier molecular flexibility index (Phi) is 5.40. The van der Waals surface area contributed by atoms with Gasteiger partial charge in [0.2, 0.25) is 0 Å². The second-order valence-electron chi connectivity index (χ2n) is 5.14. The summed E-state index contributed by atoms with van der Waals surface area (Å²) < 4.78 is 0. The van der Waals surface area contributed by atoms with Crippen molar-refractivity contribution in [1.82, 2.24) is 15.1 Å². The van der Waals surface area contributed by atoms with Gasteiger partial charge in [0.05, 0.1) is 0 Å². The summed E-state index contributed by atoms with van der Waals surface area (Å²) in [6.45, 7) is 3.34. The Morgan fingerprint density at radius 3 is 2.67 bits per heavy atom. The fraction of sp³-hybridized carbons (Fsp3) is 0.833. The molecule has 1 aliphatic heterocycles. The maximum absolute atomic E-state index is 11.9. The molecular formula is C12H23N3O3. The molecule has 0 spiro atoms. The van der Waals surface area contributed by atoms with Crippen LogP contribution in [0, 0.1) is 0 Å². The number of likely N-dealkylation sites (tertiary alicyclic amines) is 1. The Morgan fingerprint density at radius 1 is 1.50 bits per heavy atom. The van der Waals surface area contributed by atoms with E-state index in [1.165, 1.54) is 0 Å². The van der Waals surface area contributed by atoms with E-state index in [-0.39, 0.29) is 18.5 Å². The molecule has 2 amide bonds. The van der Waals surface area contributed by atoms with Gasteiger partial charge in [0, 0.05) is 31.6 Å². The first-order chi connectivity index (χ1) is 8.40. The van der Waals surface area contributed by atoms with Gasteiger partial charge in [-0.15, -0.1) is 0 Å². The first-order valence-corrected chi connectivity index (χ1v) is 6.33. The number of carbonyl (C=O) groups is 2. The number of carboxylic acid groups (broad SMARTS) is 1. The topological polar surface area (TPSA) is 72.9 Å². The molecule has 1 aliphatic rings. The predicted molar refractivity (Wildman–Crippen MR) is 68.5 cm³/mol. The lowest BCUT2D eigenvalue weighted by Crippen LogP contribution is -2.44. The van der Waals surface area contributed by atoms with Gasteiger partial charge in [-0.25, -0.2) is 4.79 Å². The van der Waals surface area contributed by atoms with Crippen LogP contribution in [0.5, 0.6) is 0 Å². The van der Waals surface area contributed by atoms with Crippen molar-refractivity contribution in [2.45, 2.75) is 38.3 Å². The molecule has 0 aliphatic carbocycles. The lowest BCUT2D eigenvalue weighted by molar-refractivity contribution is -0.137. The zero-order valence-electron chi connectivity index (χ0n) is 11.3. The first-order valence-electron chi connectivity index (χ1n) is 6.33. The van der Waals surface area contributed by atoms with Crippen molar-refractivity contribution in [3.63, 3.8) is 0 Å². The Bertz CT molecular complexity index is 307. The van der Waals surface area contributed by atoms with Gasteiger partial charge in [0.15, 0.2) is 0 Å². The Labute approximate surface area is 108 Å². The van der Waals surface area contributed by atoms with E-state index in [4.69, 9.17) is 5.11 Å².